The van der Waals surface area contributed by atoms with Crippen molar-refractivity contribution < 1.29 is 9.90 Å². The first kappa shape index (κ1) is 15.1. The van der Waals surface area contributed by atoms with Crippen LogP contribution in [0.1, 0.15) is 41.2 Å². The highest BCUT2D eigenvalue weighted by molar-refractivity contribution is 7.14. The summed E-state index contributed by atoms with van der Waals surface area (Å²) < 4.78 is 0. The zero-order valence-corrected chi connectivity index (χ0v) is 12.9. The SMILES string of the molecule is CC(C)C1CCN(C(=O)c2ccc(C#CCCO)s2)C1. The van der Waals surface area contributed by atoms with Crippen LogP contribution in [0, 0.1) is 23.7 Å². The van der Waals surface area contributed by atoms with Crippen LogP contribution in [0.25, 0.3) is 0 Å². The van der Waals surface area contributed by atoms with E-state index in [0.29, 0.717) is 18.3 Å². The van der Waals surface area contributed by atoms with Crippen LogP contribution in [0.4, 0.5) is 0 Å². The molecule has 1 aliphatic heterocycles. The Bertz CT molecular complexity index is 524. The van der Waals surface area contributed by atoms with E-state index in [4.69, 9.17) is 5.11 Å². The van der Waals surface area contributed by atoms with Crippen LogP contribution in [-0.2, 0) is 0 Å². The van der Waals surface area contributed by atoms with E-state index < -0.39 is 0 Å². The fourth-order valence-corrected chi connectivity index (χ4v) is 3.25. The number of hydrogen-bond acceptors (Lipinski definition) is 3. The second-order valence-electron chi connectivity index (χ2n) is 5.48. The minimum absolute atomic E-state index is 0.0779. The van der Waals surface area contributed by atoms with E-state index in [9.17, 15) is 4.79 Å². The van der Waals surface area contributed by atoms with Gasteiger partial charge < -0.3 is 10.0 Å². The Hall–Kier alpha value is -1.31. The molecule has 0 radical (unpaired) electrons. The molecule has 3 nitrogen and oxygen atoms in total. The maximum absolute atomic E-state index is 12.4. The summed E-state index contributed by atoms with van der Waals surface area (Å²) in [5.74, 6) is 7.25. The second kappa shape index (κ2) is 6.92. The molecule has 1 aromatic rings. The maximum atomic E-state index is 12.4. The van der Waals surface area contributed by atoms with Gasteiger partial charge in [0.25, 0.3) is 5.91 Å². The smallest absolute Gasteiger partial charge is 0.263 e. The topological polar surface area (TPSA) is 40.5 Å². The predicted octanol–water partition coefficient (Wildman–Crippen LogP) is 2.60. The van der Waals surface area contributed by atoms with E-state index in [2.05, 4.69) is 25.7 Å². The lowest BCUT2D eigenvalue weighted by molar-refractivity contribution is 0.0789. The third kappa shape index (κ3) is 3.62. The van der Waals surface area contributed by atoms with Crippen LogP contribution in [0.5, 0.6) is 0 Å². The third-order valence-corrected chi connectivity index (χ3v) is 4.71. The average Bonchev–Trinajstić information content (AvgIpc) is 3.07. The standard InChI is InChI=1S/C16H21NO2S/c1-12(2)13-8-9-17(11-13)16(19)15-7-6-14(20-15)5-3-4-10-18/h6-7,12-13,18H,4,8-11H2,1-2H3. The van der Waals surface area contributed by atoms with Crippen LogP contribution >= 0.6 is 11.3 Å². The van der Waals surface area contributed by atoms with Crippen LogP contribution < -0.4 is 0 Å². The third-order valence-electron chi connectivity index (χ3n) is 3.72. The summed E-state index contributed by atoms with van der Waals surface area (Å²) >= 11 is 1.44. The minimum Gasteiger partial charge on any atom is -0.395 e. The number of thiophene rings is 1. The molecule has 0 aromatic carbocycles. The molecule has 0 spiro atoms. The van der Waals surface area contributed by atoms with Gasteiger partial charge in [-0.25, -0.2) is 0 Å². The number of amides is 1. The van der Waals surface area contributed by atoms with E-state index >= 15 is 0 Å². The molecule has 4 heteroatoms. The van der Waals surface area contributed by atoms with Gasteiger partial charge in [0.2, 0.25) is 0 Å². The number of hydrogen-bond donors (Lipinski definition) is 1. The van der Waals surface area contributed by atoms with Gasteiger partial charge in [-0.3, -0.25) is 4.79 Å². The van der Waals surface area contributed by atoms with Crippen LogP contribution in [0.2, 0.25) is 0 Å². The van der Waals surface area contributed by atoms with Crippen molar-refractivity contribution in [3.8, 4) is 11.8 Å². The van der Waals surface area contributed by atoms with Crippen molar-refractivity contribution in [3.05, 3.63) is 21.9 Å². The van der Waals surface area contributed by atoms with Crippen LogP contribution in [-0.4, -0.2) is 35.6 Å². The van der Waals surface area contributed by atoms with E-state index in [-0.39, 0.29) is 12.5 Å². The maximum Gasteiger partial charge on any atom is 0.263 e. The molecule has 1 aliphatic rings. The van der Waals surface area contributed by atoms with Crippen LogP contribution in [0.15, 0.2) is 12.1 Å². The summed E-state index contributed by atoms with van der Waals surface area (Å²) in [6.45, 7) is 6.26. The van der Waals surface area contributed by atoms with E-state index in [1.807, 2.05) is 17.0 Å². The quantitative estimate of drug-likeness (QED) is 0.870. The van der Waals surface area contributed by atoms with Gasteiger partial charge in [-0.15, -0.1) is 11.3 Å². The fraction of sp³-hybridized carbons (Fsp3) is 0.562. The normalized spacial score (nSPS) is 18.2. The highest BCUT2D eigenvalue weighted by Crippen LogP contribution is 2.26. The molecule has 1 fully saturated rings. The fourth-order valence-electron chi connectivity index (χ4n) is 2.40. The number of aliphatic hydroxyl groups excluding tert-OH is 1. The minimum atomic E-state index is 0.0779. The van der Waals surface area contributed by atoms with E-state index in [1.165, 1.54) is 11.3 Å². The molecule has 1 atom stereocenters. The van der Waals surface area contributed by atoms with Crippen molar-refractivity contribution in [1.82, 2.24) is 4.90 Å². The summed E-state index contributed by atoms with van der Waals surface area (Å²) in [7, 11) is 0. The summed E-state index contributed by atoms with van der Waals surface area (Å²) in [5, 5.41) is 8.69. The van der Waals surface area contributed by atoms with Gasteiger partial charge in [0, 0.05) is 19.5 Å². The molecule has 108 valence electrons. The molecule has 20 heavy (non-hydrogen) atoms. The monoisotopic (exact) mass is 291 g/mol. The molecule has 0 bridgehead atoms. The zero-order chi connectivity index (χ0) is 14.5. The van der Waals surface area contributed by atoms with Crippen molar-refractivity contribution in [2.45, 2.75) is 26.7 Å². The molecule has 2 heterocycles. The molecule has 1 aromatic heterocycles. The van der Waals surface area contributed by atoms with Crippen molar-refractivity contribution >= 4 is 17.2 Å². The number of rotatable bonds is 3. The Labute approximate surface area is 124 Å². The Morgan fingerprint density at radius 2 is 2.35 bits per heavy atom. The van der Waals surface area contributed by atoms with Gasteiger partial charge in [-0.05, 0) is 30.4 Å². The molecule has 0 saturated carbocycles. The zero-order valence-electron chi connectivity index (χ0n) is 12.1. The molecular formula is C16H21NO2S. The summed E-state index contributed by atoms with van der Waals surface area (Å²) in [5.41, 5.74) is 0. The Kier molecular flexibility index (Phi) is 5.22. The van der Waals surface area contributed by atoms with Crippen molar-refractivity contribution in [2.24, 2.45) is 11.8 Å². The number of aliphatic hydroxyl groups is 1. The van der Waals surface area contributed by atoms with Gasteiger partial charge in [0.1, 0.15) is 0 Å². The summed E-state index contributed by atoms with van der Waals surface area (Å²) in [6, 6.07) is 3.75. The molecule has 1 N–H and O–H groups in total. The Morgan fingerprint density at radius 3 is 3.00 bits per heavy atom. The lowest BCUT2D eigenvalue weighted by Crippen LogP contribution is -2.28. The average molecular weight is 291 g/mol. The van der Waals surface area contributed by atoms with E-state index in [1.54, 1.807) is 0 Å². The van der Waals surface area contributed by atoms with Crippen molar-refractivity contribution in [1.29, 1.82) is 0 Å². The largest absolute Gasteiger partial charge is 0.395 e. The number of nitrogens with zero attached hydrogens (tertiary/aromatic N) is 1. The first-order chi connectivity index (χ1) is 9.61. The predicted molar refractivity (Wildman–Crippen MR) is 81.7 cm³/mol. The number of likely N-dealkylation sites (tertiary alicyclic amines) is 1. The lowest BCUT2D eigenvalue weighted by Gasteiger charge is -2.17. The molecule has 1 saturated heterocycles. The highest BCUT2D eigenvalue weighted by atomic mass is 32.1. The van der Waals surface area contributed by atoms with Crippen molar-refractivity contribution in [3.63, 3.8) is 0 Å². The number of carbonyl (C=O) groups is 1. The van der Waals surface area contributed by atoms with Gasteiger partial charge >= 0.3 is 0 Å². The van der Waals surface area contributed by atoms with Gasteiger partial charge in [-0.2, -0.15) is 0 Å². The molecule has 2 rings (SSSR count). The van der Waals surface area contributed by atoms with Crippen molar-refractivity contribution in [2.75, 3.05) is 19.7 Å². The van der Waals surface area contributed by atoms with Gasteiger partial charge in [0.05, 0.1) is 16.4 Å². The summed E-state index contributed by atoms with van der Waals surface area (Å²) in [6.07, 6.45) is 1.58. The van der Waals surface area contributed by atoms with E-state index in [0.717, 1.165) is 29.3 Å². The Morgan fingerprint density at radius 1 is 1.55 bits per heavy atom. The van der Waals surface area contributed by atoms with Gasteiger partial charge in [-0.1, -0.05) is 25.7 Å². The first-order valence-electron chi connectivity index (χ1n) is 7.10. The highest BCUT2D eigenvalue weighted by Gasteiger charge is 2.29. The second-order valence-corrected chi connectivity index (χ2v) is 6.57. The number of carbonyl (C=O) groups excluding carboxylic acids is 1. The molecule has 0 aliphatic carbocycles. The van der Waals surface area contributed by atoms with Crippen LogP contribution in [0.3, 0.4) is 0 Å². The van der Waals surface area contributed by atoms with Gasteiger partial charge in [0.15, 0.2) is 0 Å². The Balaban J connectivity index is 1.99. The molecular weight excluding hydrogens is 270 g/mol. The molecule has 1 unspecified atom stereocenters. The first-order valence-corrected chi connectivity index (χ1v) is 7.92. The molecule has 1 amide bonds. The summed E-state index contributed by atoms with van der Waals surface area (Å²) in [4.78, 5) is 16.0. The lowest BCUT2D eigenvalue weighted by atomic mass is 9.95.